The van der Waals surface area contributed by atoms with Gasteiger partial charge in [0.2, 0.25) is 5.91 Å². The van der Waals surface area contributed by atoms with Crippen LogP contribution in [0.3, 0.4) is 0 Å². The maximum absolute atomic E-state index is 12.5. The molecule has 168 valence electrons. The zero-order valence-electron chi connectivity index (χ0n) is 17.7. The smallest absolute Gasteiger partial charge is 0.407 e. The summed E-state index contributed by atoms with van der Waals surface area (Å²) in [6.07, 6.45) is -0.746. The number of carboxylic acid groups (broad SMARTS) is 1. The van der Waals surface area contributed by atoms with Crippen LogP contribution in [0.15, 0.2) is 66.7 Å². The molecule has 3 aromatic carbocycles. The summed E-state index contributed by atoms with van der Waals surface area (Å²) in [6.45, 7) is 1.59. The first-order valence-electron chi connectivity index (χ1n) is 10.3. The summed E-state index contributed by atoms with van der Waals surface area (Å²) >= 11 is 5.93. The molecule has 3 aromatic rings. The van der Waals surface area contributed by atoms with Crippen LogP contribution in [0, 0.1) is 0 Å². The van der Waals surface area contributed by atoms with Gasteiger partial charge in [0.1, 0.15) is 18.2 Å². The molecule has 0 aromatic heterocycles. The van der Waals surface area contributed by atoms with Crippen LogP contribution in [0.4, 0.5) is 10.5 Å². The highest BCUT2D eigenvalue weighted by molar-refractivity contribution is 6.34. The van der Waals surface area contributed by atoms with E-state index in [-0.39, 0.29) is 28.8 Å². The third-order valence-electron chi connectivity index (χ3n) is 5.56. The number of amides is 2. The summed E-state index contributed by atoms with van der Waals surface area (Å²) in [6, 6.07) is 19.4. The molecule has 0 bridgehead atoms. The molecule has 1 aliphatic carbocycles. The molecule has 8 heteroatoms. The standard InChI is InChI=1S/C25H21ClN2O5/c1-14(23(29)28-21-12-6-11-20(26)22(21)24(30)31)27-25(32)33-13-19-17-9-4-2-7-15(17)16-8-3-5-10-18(16)19/h2-12,14,19H,13H2,1H3,(H,27,32)(H,28,29)(H,30,31)/t14-/m0/s1. The minimum atomic E-state index is -1.27. The Kier molecular flexibility index (Phi) is 6.33. The van der Waals surface area contributed by atoms with Gasteiger partial charge in [-0.3, -0.25) is 4.79 Å². The number of halogens is 1. The lowest BCUT2D eigenvalue weighted by atomic mass is 9.98. The SMILES string of the molecule is C[C@H](NC(=O)OCC1c2ccccc2-c2ccccc21)C(=O)Nc1cccc(Cl)c1C(=O)O. The Morgan fingerprint density at radius 2 is 1.58 bits per heavy atom. The van der Waals surface area contributed by atoms with Crippen LogP contribution in [0.25, 0.3) is 11.1 Å². The fourth-order valence-electron chi connectivity index (χ4n) is 3.97. The number of nitrogens with one attached hydrogen (secondary N) is 2. The van der Waals surface area contributed by atoms with Gasteiger partial charge in [0, 0.05) is 5.92 Å². The predicted molar refractivity (Wildman–Crippen MR) is 125 cm³/mol. The van der Waals surface area contributed by atoms with Gasteiger partial charge in [-0.25, -0.2) is 9.59 Å². The predicted octanol–water partition coefficient (Wildman–Crippen LogP) is 4.90. The van der Waals surface area contributed by atoms with Crippen molar-refractivity contribution in [3.8, 4) is 11.1 Å². The van der Waals surface area contributed by atoms with Crippen molar-refractivity contribution in [1.82, 2.24) is 5.32 Å². The minimum Gasteiger partial charge on any atom is -0.478 e. The van der Waals surface area contributed by atoms with Gasteiger partial charge in [0.05, 0.1) is 10.7 Å². The summed E-state index contributed by atoms with van der Waals surface area (Å²) in [7, 11) is 0. The van der Waals surface area contributed by atoms with Gasteiger partial charge in [-0.05, 0) is 41.3 Å². The van der Waals surface area contributed by atoms with Crippen LogP contribution >= 0.6 is 11.6 Å². The van der Waals surface area contributed by atoms with Crippen LogP contribution in [-0.4, -0.2) is 35.7 Å². The molecule has 33 heavy (non-hydrogen) atoms. The molecule has 1 aliphatic rings. The number of carbonyl (C=O) groups is 3. The second kappa shape index (κ2) is 9.34. The summed E-state index contributed by atoms with van der Waals surface area (Å²) in [5, 5.41) is 14.3. The Balaban J connectivity index is 1.39. The molecule has 0 heterocycles. The van der Waals surface area contributed by atoms with Crippen LogP contribution < -0.4 is 10.6 Å². The quantitative estimate of drug-likeness (QED) is 0.481. The number of rotatable bonds is 6. The van der Waals surface area contributed by atoms with Gasteiger partial charge in [0.15, 0.2) is 0 Å². The topological polar surface area (TPSA) is 105 Å². The van der Waals surface area contributed by atoms with Crippen LogP contribution in [0.5, 0.6) is 0 Å². The summed E-state index contributed by atoms with van der Waals surface area (Å²) < 4.78 is 5.45. The zero-order chi connectivity index (χ0) is 23.5. The van der Waals surface area contributed by atoms with Gasteiger partial charge < -0.3 is 20.5 Å². The number of ether oxygens (including phenoxy) is 1. The van der Waals surface area contributed by atoms with Gasteiger partial charge in [0.25, 0.3) is 0 Å². The van der Waals surface area contributed by atoms with Gasteiger partial charge in [-0.2, -0.15) is 0 Å². The van der Waals surface area contributed by atoms with Gasteiger partial charge >= 0.3 is 12.1 Å². The lowest BCUT2D eigenvalue weighted by Crippen LogP contribution is -2.42. The van der Waals surface area contributed by atoms with Crippen molar-refractivity contribution in [2.75, 3.05) is 11.9 Å². The third kappa shape index (κ3) is 4.54. The van der Waals surface area contributed by atoms with Crippen LogP contribution in [-0.2, 0) is 9.53 Å². The fraction of sp³-hybridized carbons (Fsp3) is 0.160. The molecule has 2 amide bonds. The Morgan fingerprint density at radius 1 is 0.970 bits per heavy atom. The van der Waals surface area contributed by atoms with E-state index < -0.39 is 24.0 Å². The average molecular weight is 465 g/mol. The van der Waals surface area contributed by atoms with Crippen LogP contribution in [0.1, 0.15) is 34.3 Å². The number of hydrogen-bond donors (Lipinski definition) is 3. The second-order valence-corrected chi connectivity index (χ2v) is 8.06. The highest BCUT2D eigenvalue weighted by Gasteiger charge is 2.29. The number of hydrogen-bond acceptors (Lipinski definition) is 4. The molecule has 0 unspecified atom stereocenters. The van der Waals surface area contributed by atoms with E-state index in [9.17, 15) is 19.5 Å². The number of fused-ring (bicyclic) bond motifs is 3. The van der Waals surface area contributed by atoms with Crippen molar-refractivity contribution >= 4 is 35.3 Å². The van der Waals surface area contributed by atoms with Crippen LogP contribution in [0.2, 0.25) is 5.02 Å². The Hall–Kier alpha value is -3.84. The van der Waals surface area contributed by atoms with E-state index in [0.29, 0.717) is 0 Å². The first kappa shape index (κ1) is 22.4. The molecule has 0 fully saturated rings. The van der Waals surface area contributed by atoms with Gasteiger partial charge in [-0.1, -0.05) is 66.2 Å². The minimum absolute atomic E-state index is 0.00236. The number of benzene rings is 3. The number of anilines is 1. The van der Waals surface area contributed by atoms with E-state index in [4.69, 9.17) is 16.3 Å². The Labute approximate surface area is 195 Å². The third-order valence-corrected chi connectivity index (χ3v) is 5.87. The first-order chi connectivity index (χ1) is 15.9. The molecular formula is C25H21ClN2O5. The number of aromatic carboxylic acids is 1. The highest BCUT2D eigenvalue weighted by atomic mass is 35.5. The lowest BCUT2D eigenvalue weighted by molar-refractivity contribution is -0.117. The molecule has 1 atom stereocenters. The van der Waals surface area contributed by atoms with Crippen molar-refractivity contribution in [3.05, 3.63) is 88.4 Å². The number of carbonyl (C=O) groups excluding carboxylic acids is 2. The van der Waals surface area contributed by atoms with Crippen molar-refractivity contribution in [3.63, 3.8) is 0 Å². The van der Waals surface area contributed by atoms with E-state index in [1.54, 1.807) is 0 Å². The number of alkyl carbamates (subject to hydrolysis) is 1. The molecule has 4 rings (SSSR count). The van der Waals surface area contributed by atoms with E-state index in [0.717, 1.165) is 22.3 Å². The first-order valence-corrected chi connectivity index (χ1v) is 10.7. The van der Waals surface area contributed by atoms with E-state index >= 15 is 0 Å². The molecule has 0 saturated carbocycles. The largest absolute Gasteiger partial charge is 0.478 e. The molecule has 0 spiro atoms. The van der Waals surface area contributed by atoms with Crippen molar-refractivity contribution in [2.45, 2.75) is 18.9 Å². The molecular weight excluding hydrogens is 444 g/mol. The number of carboxylic acids is 1. The molecule has 0 aliphatic heterocycles. The van der Waals surface area contributed by atoms with E-state index in [2.05, 4.69) is 10.6 Å². The van der Waals surface area contributed by atoms with E-state index in [1.807, 2.05) is 48.5 Å². The second-order valence-electron chi connectivity index (χ2n) is 7.65. The van der Waals surface area contributed by atoms with Crippen molar-refractivity contribution < 1.29 is 24.2 Å². The zero-order valence-corrected chi connectivity index (χ0v) is 18.4. The van der Waals surface area contributed by atoms with Gasteiger partial charge in [-0.15, -0.1) is 0 Å². The van der Waals surface area contributed by atoms with Crippen molar-refractivity contribution in [2.24, 2.45) is 0 Å². The highest BCUT2D eigenvalue weighted by Crippen LogP contribution is 2.44. The normalized spacial score (nSPS) is 12.9. The van der Waals surface area contributed by atoms with E-state index in [1.165, 1.54) is 25.1 Å². The maximum atomic E-state index is 12.5. The average Bonchev–Trinajstić information content (AvgIpc) is 3.11. The molecule has 0 saturated heterocycles. The maximum Gasteiger partial charge on any atom is 0.407 e. The molecule has 7 nitrogen and oxygen atoms in total. The van der Waals surface area contributed by atoms with Crippen molar-refractivity contribution in [1.29, 1.82) is 0 Å². The summed E-state index contributed by atoms with van der Waals surface area (Å²) in [5.41, 5.74) is 4.22. The summed E-state index contributed by atoms with van der Waals surface area (Å²) in [5.74, 6) is -1.97. The molecule has 3 N–H and O–H groups in total. The summed E-state index contributed by atoms with van der Waals surface area (Å²) in [4.78, 5) is 36.3. The lowest BCUT2D eigenvalue weighted by Gasteiger charge is -2.18. The monoisotopic (exact) mass is 464 g/mol. The Bertz CT molecular complexity index is 1200. The fourth-order valence-corrected chi connectivity index (χ4v) is 4.22. The molecule has 0 radical (unpaired) electrons. The Morgan fingerprint density at radius 3 is 2.18 bits per heavy atom.